The summed E-state index contributed by atoms with van der Waals surface area (Å²) in [6, 6.07) is 16.9. The van der Waals surface area contributed by atoms with Gasteiger partial charge in [-0.15, -0.1) is 0 Å². The Morgan fingerprint density at radius 1 is 0.914 bits per heavy atom. The second kappa shape index (κ2) is 8.27. The first-order valence-electron chi connectivity index (χ1n) is 11.6. The van der Waals surface area contributed by atoms with E-state index in [2.05, 4.69) is 0 Å². The number of anilines is 1. The predicted octanol–water partition coefficient (Wildman–Crippen LogP) is 4.56. The minimum absolute atomic E-state index is 0.00179. The minimum atomic E-state index is -1.26. The molecule has 3 aliphatic rings. The number of carbonyl (C=O) groups excluding carboxylic acids is 3. The number of nitrogens with zero attached hydrogens (tertiary/aromatic N) is 1. The maximum absolute atomic E-state index is 13.7. The summed E-state index contributed by atoms with van der Waals surface area (Å²) in [5, 5.41) is 0. The highest BCUT2D eigenvalue weighted by atomic mass is 16.6. The van der Waals surface area contributed by atoms with E-state index in [0.717, 1.165) is 11.3 Å². The van der Waals surface area contributed by atoms with Gasteiger partial charge in [0.15, 0.2) is 5.78 Å². The lowest BCUT2D eigenvalue weighted by Gasteiger charge is -2.43. The molecule has 5 rings (SSSR count). The first-order chi connectivity index (χ1) is 16.9. The molecule has 2 aromatic carbocycles. The van der Waals surface area contributed by atoms with Gasteiger partial charge < -0.3 is 19.1 Å². The van der Waals surface area contributed by atoms with Gasteiger partial charge in [0.1, 0.15) is 16.9 Å². The molecule has 7 nitrogen and oxygen atoms in total. The smallest absolute Gasteiger partial charge is 0.374 e. The number of Topliss-reactive ketones (excluding diaryl/α,β-unsaturated/α-hetero) is 1. The van der Waals surface area contributed by atoms with Gasteiger partial charge in [-0.2, -0.15) is 0 Å². The van der Waals surface area contributed by atoms with Crippen LogP contribution in [0.3, 0.4) is 0 Å². The summed E-state index contributed by atoms with van der Waals surface area (Å²) in [6.07, 6.45) is 0. The van der Waals surface area contributed by atoms with Crippen molar-refractivity contribution in [3.63, 3.8) is 0 Å². The number of benzene rings is 2. The third-order valence-corrected chi connectivity index (χ3v) is 6.57. The third-order valence-electron chi connectivity index (χ3n) is 6.57. The van der Waals surface area contributed by atoms with Crippen molar-refractivity contribution in [3.05, 3.63) is 94.0 Å². The maximum Gasteiger partial charge on any atom is 0.374 e. The van der Waals surface area contributed by atoms with Crippen molar-refractivity contribution in [1.82, 2.24) is 0 Å². The minimum Gasteiger partial charge on any atom is -0.462 e. The van der Waals surface area contributed by atoms with E-state index in [4.69, 9.17) is 14.2 Å². The van der Waals surface area contributed by atoms with Crippen molar-refractivity contribution in [3.8, 4) is 0 Å². The second-order valence-electron chi connectivity index (χ2n) is 8.52. The number of esters is 2. The van der Waals surface area contributed by atoms with Gasteiger partial charge in [-0.05, 0) is 39.8 Å². The molecule has 2 aromatic rings. The summed E-state index contributed by atoms with van der Waals surface area (Å²) >= 11 is 0. The summed E-state index contributed by atoms with van der Waals surface area (Å²) < 4.78 is 16.6. The first kappa shape index (κ1) is 22.7. The van der Waals surface area contributed by atoms with E-state index in [-0.39, 0.29) is 30.3 Å². The first-order valence-corrected chi connectivity index (χ1v) is 11.6. The van der Waals surface area contributed by atoms with Gasteiger partial charge in [0.25, 0.3) is 0 Å². The van der Waals surface area contributed by atoms with Gasteiger partial charge in [0, 0.05) is 22.4 Å². The summed E-state index contributed by atoms with van der Waals surface area (Å²) in [6.45, 7) is 7.10. The van der Waals surface area contributed by atoms with Crippen LogP contribution in [0.2, 0.25) is 0 Å². The molecular weight excluding hydrogens is 446 g/mol. The SMILES string of the molecule is CCOC(=O)C1=C(C(=O)OCC)C2(C)C(=C(C)O1)C1=C(c3ccccc3C1=O)N2c1ccccc1. The van der Waals surface area contributed by atoms with Crippen LogP contribution in [-0.2, 0) is 23.8 Å². The highest BCUT2D eigenvalue weighted by Crippen LogP contribution is 2.58. The fraction of sp³-hybridized carbons (Fsp3) is 0.250. The topological polar surface area (TPSA) is 82.1 Å². The number of ether oxygens (including phenoxy) is 3. The number of hydrogen-bond acceptors (Lipinski definition) is 7. The Morgan fingerprint density at radius 3 is 2.17 bits per heavy atom. The summed E-state index contributed by atoms with van der Waals surface area (Å²) in [5.74, 6) is -1.48. The summed E-state index contributed by atoms with van der Waals surface area (Å²) in [4.78, 5) is 42.1. The van der Waals surface area contributed by atoms with Gasteiger partial charge in [0.05, 0.1) is 24.5 Å². The largest absolute Gasteiger partial charge is 0.462 e. The zero-order valence-corrected chi connectivity index (χ0v) is 20.0. The van der Waals surface area contributed by atoms with Gasteiger partial charge in [-0.3, -0.25) is 4.79 Å². The number of rotatable bonds is 5. The number of hydrogen-bond donors (Lipinski definition) is 0. The molecule has 0 fully saturated rings. The molecule has 0 N–H and O–H groups in total. The molecule has 1 atom stereocenters. The molecule has 0 radical (unpaired) electrons. The van der Waals surface area contributed by atoms with Crippen LogP contribution in [0.25, 0.3) is 5.70 Å². The Hall–Kier alpha value is -4.13. The molecule has 0 saturated heterocycles. The lowest BCUT2D eigenvalue weighted by atomic mass is 9.77. The Morgan fingerprint density at radius 2 is 1.51 bits per heavy atom. The molecule has 1 aliphatic carbocycles. The second-order valence-corrected chi connectivity index (χ2v) is 8.52. The van der Waals surface area contributed by atoms with E-state index in [0.29, 0.717) is 28.2 Å². The quantitative estimate of drug-likeness (QED) is 0.592. The molecule has 35 heavy (non-hydrogen) atoms. The molecule has 7 heteroatoms. The number of carbonyl (C=O) groups is 3. The molecular formula is C28H25NO6. The van der Waals surface area contributed by atoms with E-state index in [9.17, 15) is 14.4 Å². The molecule has 0 bridgehead atoms. The maximum atomic E-state index is 13.7. The number of ketones is 1. The van der Waals surface area contributed by atoms with E-state index in [1.54, 1.807) is 26.8 Å². The third kappa shape index (κ3) is 3.07. The Balaban J connectivity index is 1.86. The lowest BCUT2D eigenvalue weighted by Crippen LogP contribution is -2.51. The Bertz CT molecular complexity index is 1370. The van der Waals surface area contributed by atoms with Gasteiger partial charge in [0.2, 0.25) is 5.76 Å². The van der Waals surface area contributed by atoms with Gasteiger partial charge in [-0.1, -0.05) is 42.5 Å². The Labute approximate surface area is 203 Å². The predicted molar refractivity (Wildman–Crippen MR) is 129 cm³/mol. The molecule has 2 aliphatic heterocycles. The van der Waals surface area contributed by atoms with E-state index in [1.807, 2.05) is 60.4 Å². The van der Waals surface area contributed by atoms with Crippen molar-refractivity contribution >= 4 is 29.1 Å². The number of para-hydroxylation sites is 1. The van der Waals surface area contributed by atoms with E-state index in [1.165, 1.54) is 0 Å². The van der Waals surface area contributed by atoms with E-state index < -0.39 is 17.5 Å². The molecule has 0 spiro atoms. The van der Waals surface area contributed by atoms with Crippen molar-refractivity contribution in [1.29, 1.82) is 0 Å². The zero-order valence-electron chi connectivity index (χ0n) is 20.0. The number of allylic oxidation sites excluding steroid dienone is 1. The van der Waals surface area contributed by atoms with Crippen LogP contribution in [0, 0.1) is 0 Å². The van der Waals surface area contributed by atoms with Crippen LogP contribution in [-0.4, -0.2) is 36.5 Å². The monoisotopic (exact) mass is 471 g/mol. The molecule has 0 amide bonds. The average Bonchev–Trinajstić information content (AvgIpc) is 3.28. The van der Waals surface area contributed by atoms with Gasteiger partial charge in [-0.25, -0.2) is 9.59 Å². The van der Waals surface area contributed by atoms with E-state index >= 15 is 0 Å². The summed E-state index contributed by atoms with van der Waals surface area (Å²) in [5.41, 5.74) is 2.50. The molecule has 0 aromatic heterocycles. The van der Waals surface area contributed by atoms with Crippen LogP contribution in [0.1, 0.15) is 43.6 Å². The highest BCUT2D eigenvalue weighted by Gasteiger charge is 2.60. The standard InChI is InChI=1S/C28H25NO6/c1-5-33-26(31)22-25(27(32)34-6-2)35-16(3)21-20-23(18-14-10-11-15-19(18)24(20)30)29(28(21,22)4)17-12-8-7-9-13-17/h7-15H,5-6H2,1-4H3. The summed E-state index contributed by atoms with van der Waals surface area (Å²) in [7, 11) is 0. The normalized spacial score (nSPS) is 20.5. The average molecular weight is 472 g/mol. The van der Waals surface area contributed by atoms with Crippen LogP contribution < -0.4 is 4.90 Å². The van der Waals surface area contributed by atoms with Gasteiger partial charge >= 0.3 is 11.9 Å². The Kier molecular flexibility index (Phi) is 5.35. The van der Waals surface area contributed by atoms with Crippen LogP contribution in [0.4, 0.5) is 5.69 Å². The molecule has 1 unspecified atom stereocenters. The fourth-order valence-electron chi connectivity index (χ4n) is 5.34. The van der Waals surface area contributed by atoms with Crippen LogP contribution >= 0.6 is 0 Å². The van der Waals surface area contributed by atoms with Crippen LogP contribution in [0.15, 0.2) is 82.8 Å². The van der Waals surface area contributed by atoms with Crippen molar-refractivity contribution in [2.45, 2.75) is 33.2 Å². The molecule has 2 heterocycles. The highest BCUT2D eigenvalue weighted by molar-refractivity contribution is 6.28. The lowest BCUT2D eigenvalue weighted by molar-refractivity contribution is -0.145. The van der Waals surface area contributed by atoms with Crippen molar-refractivity contribution in [2.75, 3.05) is 18.1 Å². The van der Waals surface area contributed by atoms with Crippen LogP contribution in [0.5, 0.6) is 0 Å². The zero-order chi connectivity index (χ0) is 24.9. The molecule has 0 saturated carbocycles. The van der Waals surface area contributed by atoms with Crippen molar-refractivity contribution in [2.24, 2.45) is 0 Å². The van der Waals surface area contributed by atoms with Crippen molar-refractivity contribution < 1.29 is 28.6 Å². The number of fused-ring (bicyclic) bond motifs is 4. The fourth-order valence-corrected chi connectivity index (χ4v) is 5.34. The molecule has 178 valence electrons.